The summed E-state index contributed by atoms with van der Waals surface area (Å²) in [6.45, 7) is 2.58. The van der Waals surface area contributed by atoms with Crippen molar-refractivity contribution in [3.63, 3.8) is 0 Å². The molecule has 1 aromatic rings. The minimum absolute atomic E-state index is 0.131. The number of amidine groups is 1. The number of amides is 1. The monoisotopic (exact) mass is 420 g/mol. The first-order valence-corrected chi connectivity index (χ1v) is 7.85. The molecule has 14 heteroatoms. The molecule has 0 fully saturated rings. The molecular weight excluding hydrogens is 405 g/mol. The second-order valence-corrected chi connectivity index (χ2v) is 4.95. The van der Waals surface area contributed by atoms with Gasteiger partial charge in [0.1, 0.15) is 5.69 Å². The number of halogens is 3. The molecule has 0 saturated heterocycles. The Morgan fingerprint density at radius 1 is 1.14 bits per heavy atom. The summed E-state index contributed by atoms with van der Waals surface area (Å²) in [5.41, 5.74) is -0.793. The van der Waals surface area contributed by atoms with Crippen molar-refractivity contribution in [2.24, 2.45) is 5.10 Å². The number of nitro benzene ring substituents is 1. The first kappa shape index (κ1) is 23.3. The molecule has 11 nitrogen and oxygen atoms in total. The van der Waals surface area contributed by atoms with Gasteiger partial charge in [-0.1, -0.05) is 0 Å². The number of esters is 2. The molecule has 2 N–H and O–H groups in total. The molecule has 158 valence electrons. The average molecular weight is 420 g/mol. The van der Waals surface area contributed by atoms with Crippen LogP contribution in [-0.2, 0) is 30.0 Å². The Hall–Kier alpha value is -3.71. The normalized spacial score (nSPS) is 11.4. The number of benzene rings is 1. The Balaban J connectivity index is 3.21. The van der Waals surface area contributed by atoms with E-state index in [-0.39, 0.29) is 19.3 Å². The van der Waals surface area contributed by atoms with Crippen LogP contribution in [0.25, 0.3) is 0 Å². The van der Waals surface area contributed by atoms with Gasteiger partial charge in [-0.15, -0.1) is 5.10 Å². The molecular formula is C15H15F3N4O7. The van der Waals surface area contributed by atoms with Gasteiger partial charge in [0.25, 0.3) is 5.69 Å². The van der Waals surface area contributed by atoms with Gasteiger partial charge < -0.3 is 9.47 Å². The van der Waals surface area contributed by atoms with Gasteiger partial charge >= 0.3 is 24.0 Å². The Kier molecular flexibility index (Phi) is 8.05. The zero-order valence-electron chi connectivity index (χ0n) is 15.0. The first-order valence-electron chi connectivity index (χ1n) is 7.85. The van der Waals surface area contributed by atoms with E-state index >= 15 is 0 Å². The lowest BCUT2D eigenvalue weighted by molar-refractivity contribution is -0.384. The van der Waals surface area contributed by atoms with E-state index in [0.29, 0.717) is 12.1 Å². The number of carbonyl (C=O) groups excluding carboxylic acids is 3. The smallest absolute Gasteiger partial charge is 0.416 e. The topological polar surface area (TPSA) is 149 Å². The van der Waals surface area contributed by atoms with E-state index < -0.39 is 51.7 Å². The summed E-state index contributed by atoms with van der Waals surface area (Å²) in [5, 5.41) is 16.2. The number of nitro groups is 1. The van der Waals surface area contributed by atoms with Gasteiger partial charge in [-0.2, -0.15) is 13.2 Å². The number of carbonyl (C=O) groups is 3. The lowest BCUT2D eigenvalue weighted by atomic mass is 10.1. The van der Waals surface area contributed by atoms with Gasteiger partial charge in [0.2, 0.25) is 5.84 Å². The molecule has 0 aliphatic rings. The molecule has 0 heterocycles. The number of rotatable bonds is 5. The van der Waals surface area contributed by atoms with E-state index in [0.717, 1.165) is 0 Å². The predicted molar refractivity (Wildman–Crippen MR) is 90.6 cm³/mol. The van der Waals surface area contributed by atoms with Crippen molar-refractivity contribution in [1.29, 1.82) is 0 Å². The van der Waals surface area contributed by atoms with Crippen LogP contribution in [-0.4, -0.2) is 41.8 Å². The molecule has 0 spiro atoms. The maximum absolute atomic E-state index is 12.7. The van der Waals surface area contributed by atoms with E-state index in [1.54, 1.807) is 5.32 Å². The fourth-order valence-corrected chi connectivity index (χ4v) is 1.75. The molecule has 0 aliphatic carbocycles. The third kappa shape index (κ3) is 6.75. The van der Waals surface area contributed by atoms with Crippen LogP contribution >= 0.6 is 0 Å². The van der Waals surface area contributed by atoms with Crippen LogP contribution in [0.2, 0.25) is 0 Å². The minimum atomic E-state index is -4.82. The summed E-state index contributed by atoms with van der Waals surface area (Å²) in [6.07, 6.45) is -4.82. The molecule has 0 aromatic heterocycles. The predicted octanol–water partition coefficient (Wildman–Crippen LogP) is 1.58. The summed E-state index contributed by atoms with van der Waals surface area (Å²) < 4.78 is 47.2. The van der Waals surface area contributed by atoms with Crippen LogP contribution < -0.4 is 10.7 Å². The average Bonchev–Trinajstić information content (AvgIpc) is 2.64. The number of anilines is 1. The molecule has 0 radical (unpaired) electrons. The van der Waals surface area contributed by atoms with Crippen LogP contribution in [0.15, 0.2) is 23.3 Å². The summed E-state index contributed by atoms with van der Waals surface area (Å²) >= 11 is 0. The Labute approximate surface area is 161 Å². The number of hydrogen-bond acceptors (Lipinski definition) is 9. The van der Waals surface area contributed by atoms with Gasteiger partial charge in [-0.3, -0.25) is 25.7 Å². The second kappa shape index (κ2) is 10.0. The van der Waals surface area contributed by atoms with E-state index in [4.69, 9.17) is 0 Å². The highest BCUT2D eigenvalue weighted by atomic mass is 19.4. The van der Waals surface area contributed by atoms with Crippen LogP contribution in [0.5, 0.6) is 0 Å². The maximum atomic E-state index is 12.7. The summed E-state index contributed by atoms with van der Waals surface area (Å²) in [6, 6.07) is 1.52. The number of hydrogen-bond donors (Lipinski definition) is 2. The number of hydrazone groups is 1. The van der Waals surface area contributed by atoms with E-state index in [2.05, 4.69) is 14.6 Å². The van der Waals surface area contributed by atoms with Gasteiger partial charge in [-0.05, 0) is 26.0 Å². The number of ether oxygens (including phenoxy) is 2. The SMILES string of the molecule is CCOC(=O)C(=O)N/C(=N\Nc1ccc(C(F)(F)F)cc1[N+](=O)[O-])C(=O)OCC. The van der Waals surface area contributed by atoms with Crippen LogP contribution in [0.4, 0.5) is 24.5 Å². The zero-order valence-corrected chi connectivity index (χ0v) is 15.0. The molecule has 0 atom stereocenters. The van der Waals surface area contributed by atoms with Gasteiger partial charge in [-0.25, -0.2) is 9.59 Å². The Bertz CT molecular complexity index is 840. The van der Waals surface area contributed by atoms with E-state index in [1.807, 2.05) is 5.43 Å². The number of nitrogens with zero attached hydrogens (tertiary/aromatic N) is 2. The van der Waals surface area contributed by atoms with Gasteiger partial charge in [0.15, 0.2) is 0 Å². The third-order valence-corrected chi connectivity index (χ3v) is 2.97. The fraction of sp³-hybridized carbons (Fsp3) is 0.333. The van der Waals surface area contributed by atoms with Gasteiger partial charge in [0.05, 0.1) is 23.7 Å². The number of alkyl halides is 3. The molecule has 1 rings (SSSR count). The summed E-state index contributed by atoms with van der Waals surface area (Å²) in [4.78, 5) is 44.8. The van der Waals surface area contributed by atoms with Crippen LogP contribution in [0, 0.1) is 10.1 Å². The number of nitrogens with one attached hydrogen (secondary N) is 2. The lowest BCUT2D eigenvalue weighted by Crippen LogP contribution is -2.42. The zero-order chi connectivity index (χ0) is 22.2. The second-order valence-electron chi connectivity index (χ2n) is 4.95. The third-order valence-electron chi connectivity index (χ3n) is 2.97. The largest absolute Gasteiger partial charge is 0.460 e. The van der Waals surface area contributed by atoms with Crippen molar-refractivity contribution in [2.75, 3.05) is 18.6 Å². The lowest BCUT2D eigenvalue weighted by Gasteiger charge is -2.10. The highest BCUT2D eigenvalue weighted by Gasteiger charge is 2.33. The maximum Gasteiger partial charge on any atom is 0.416 e. The molecule has 0 aliphatic heterocycles. The molecule has 1 amide bonds. The Morgan fingerprint density at radius 2 is 1.72 bits per heavy atom. The van der Waals surface area contributed by atoms with Crippen molar-refractivity contribution in [3.05, 3.63) is 33.9 Å². The summed E-state index contributed by atoms with van der Waals surface area (Å²) in [7, 11) is 0. The standard InChI is InChI=1S/C15H15F3N4O7/c1-3-28-13(24)11(19-12(23)14(25)29-4-2)21-20-9-6-5-8(15(16,17)18)7-10(9)22(26)27/h5-7,20H,3-4H2,1-2H3,(H,19,21,23). The first-order chi connectivity index (χ1) is 13.5. The van der Waals surface area contributed by atoms with Gasteiger partial charge in [0, 0.05) is 6.07 Å². The summed E-state index contributed by atoms with van der Waals surface area (Å²) in [5.74, 6) is -4.82. The molecule has 0 unspecified atom stereocenters. The molecule has 1 aromatic carbocycles. The quantitative estimate of drug-likeness (QED) is 0.182. The highest BCUT2D eigenvalue weighted by molar-refractivity contribution is 6.45. The van der Waals surface area contributed by atoms with Crippen molar-refractivity contribution >= 4 is 35.1 Å². The van der Waals surface area contributed by atoms with Crippen molar-refractivity contribution in [3.8, 4) is 0 Å². The van der Waals surface area contributed by atoms with Crippen molar-refractivity contribution in [1.82, 2.24) is 5.32 Å². The Morgan fingerprint density at radius 3 is 2.24 bits per heavy atom. The minimum Gasteiger partial charge on any atom is -0.460 e. The van der Waals surface area contributed by atoms with Crippen LogP contribution in [0.3, 0.4) is 0 Å². The van der Waals surface area contributed by atoms with Crippen molar-refractivity contribution in [2.45, 2.75) is 20.0 Å². The fourth-order valence-electron chi connectivity index (χ4n) is 1.75. The van der Waals surface area contributed by atoms with E-state index in [9.17, 15) is 37.7 Å². The van der Waals surface area contributed by atoms with Crippen LogP contribution in [0.1, 0.15) is 19.4 Å². The molecule has 0 saturated carbocycles. The molecule has 29 heavy (non-hydrogen) atoms. The molecule has 0 bridgehead atoms. The highest BCUT2D eigenvalue weighted by Crippen LogP contribution is 2.34. The van der Waals surface area contributed by atoms with E-state index in [1.165, 1.54) is 13.8 Å². The van der Waals surface area contributed by atoms with Crippen molar-refractivity contribution < 1.29 is 42.0 Å².